The topological polar surface area (TPSA) is 58.4 Å². The fourth-order valence-corrected chi connectivity index (χ4v) is 2.63. The van der Waals surface area contributed by atoms with Crippen LogP contribution in [-0.4, -0.2) is 31.1 Å². The lowest BCUT2D eigenvalue weighted by Crippen LogP contribution is -2.60. The van der Waals surface area contributed by atoms with Crippen molar-refractivity contribution in [2.75, 3.05) is 18.0 Å². The molecule has 5 heteroatoms. The van der Waals surface area contributed by atoms with E-state index in [1.54, 1.807) is 0 Å². The summed E-state index contributed by atoms with van der Waals surface area (Å²) >= 11 is 6.23. The average molecular weight is 268 g/mol. The Morgan fingerprint density at radius 3 is 2.89 bits per heavy atom. The maximum Gasteiger partial charge on any atom is 0.242 e. The molecule has 0 spiro atoms. The Kier molecular flexibility index (Phi) is 4.09. The first kappa shape index (κ1) is 13.2. The van der Waals surface area contributed by atoms with Gasteiger partial charge in [0, 0.05) is 12.6 Å². The molecule has 1 fully saturated rings. The molecular weight excluding hydrogens is 250 g/mol. The Morgan fingerprint density at radius 2 is 2.22 bits per heavy atom. The molecule has 0 bridgehead atoms. The van der Waals surface area contributed by atoms with Gasteiger partial charge in [-0.3, -0.25) is 4.79 Å². The molecular formula is C13H18ClN3O. The number of halogens is 1. The minimum Gasteiger partial charge on any atom is -0.354 e. The third-order valence-corrected chi connectivity index (χ3v) is 3.58. The SMILES string of the molecule is CC1CNC(=O)C(CCN)N1c1ccccc1Cl. The van der Waals surface area contributed by atoms with E-state index in [0.29, 0.717) is 24.5 Å². The number of carbonyl (C=O) groups excluding carboxylic acids is 1. The molecule has 0 aromatic heterocycles. The summed E-state index contributed by atoms with van der Waals surface area (Å²) in [5.74, 6) is 0.0264. The Labute approximate surface area is 112 Å². The van der Waals surface area contributed by atoms with Crippen LogP contribution in [0.4, 0.5) is 5.69 Å². The van der Waals surface area contributed by atoms with E-state index in [0.717, 1.165) is 5.69 Å². The molecule has 1 aromatic carbocycles. The minimum absolute atomic E-state index is 0.0264. The Hall–Kier alpha value is -1.26. The molecule has 1 aliphatic heterocycles. The molecule has 2 unspecified atom stereocenters. The van der Waals surface area contributed by atoms with Crippen LogP contribution in [0.3, 0.4) is 0 Å². The molecule has 1 heterocycles. The molecule has 18 heavy (non-hydrogen) atoms. The highest BCUT2D eigenvalue weighted by atomic mass is 35.5. The second-order valence-corrected chi connectivity index (χ2v) is 4.95. The monoisotopic (exact) mass is 267 g/mol. The van der Waals surface area contributed by atoms with E-state index in [1.165, 1.54) is 0 Å². The summed E-state index contributed by atoms with van der Waals surface area (Å²) < 4.78 is 0. The fraction of sp³-hybridized carbons (Fsp3) is 0.462. The minimum atomic E-state index is -0.237. The molecule has 2 rings (SSSR count). The smallest absolute Gasteiger partial charge is 0.242 e. The lowest BCUT2D eigenvalue weighted by molar-refractivity contribution is -0.123. The summed E-state index contributed by atoms with van der Waals surface area (Å²) in [6.07, 6.45) is 0.626. The van der Waals surface area contributed by atoms with Crippen molar-refractivity contribution < 1.29 is 4.79 Å². The highest BCUT2D eigenvalue weighted by Crippen LogP contribution is 2.30. The third-order valence-electron chi connectivity index (χ3n) is 3.26. The molecule has 1 saturated heterocycles. The maximum atomic E-state index is 12.0. The number of para-hydroxylation sites is 1. The largest absolute Gasteiger partial charge is 0.354 e. The third kappa shape index (κ3) is 2.44. The molecule has 1 aliphatic rings. The lowest BCUT2D eigenvalue weighted by Gasteiger charge is -2.42. The van der Waals surface area contributed by atoms with Crippen molar-refractivity contribution in [3.05, 3.63) is 29.3 Å². The number of nitrogens with two attached hydrogens (primary N) is 1. The van der Waals surface area contributed by atoms with Gasteiger partial charge in [0.2, 0.25) is 5.91 Å². The zero-order valence-electron chi connectivity index (χ0n) is 10.4. The van der Waals surface area contributed by atoms with Crippen molar-refractivity contribution in [3.8, 4) is 0 Å². The van der Waals surface area contributed by atoms with Crippen molar-refractivity contribution in [2.45, 2.75) is 25.4 Å². The van der Waals surface area contributed by atoms with Crippen LogP contribution < -0.4 is 16.0 Å². The molecule has 0 saturated carbocycles. The van der Waals surface area contributed by atoms with Gasteiger partial charge in [-0.25, -0.2) is 0 Å². The van der Waals surface area contributed by atoms with Gasteiger partial charge in [-0.1, -0.05) is 23.7 Å². The van der Waals surface area contributed by atoms with Gasteiger partial charge in [0.05, 0.1) is 10.7 Å². The summed E-state index contributed by atoms with van der Waals surface area (Å²) in [7, 11) is 0. The van der Waals surface area contributed by atoms with E-state index in [-0.39, 0.29) is 18.0 Å². The highest BCUT2D eigenvalue weighted by Gasteiger charge is 2.34. The van der Waals surface area contributed by atoms with E-state index in [9.17, 15) is 4.79 Å². The van der Waals surface area contributed by atoms with Crippen LogP contribution in [0.2, 0.25) is 5.02 Å². The molecule has 0 aliphatic carbocycles. The van der Waals surface area contributed by atoms with Crippen LogP contribution in [0.1, 0.15) is 13.3 Å². The van der Waals surface area contributed by atoms with Crippen molar-refractivity contribution >= 4 is 23.2 Å². The molecule has 3 N–H and O–H groups in total. The van der Waals surface area contributed by atoms with Gasteiger partial charge in [-0.05, 0) is 32.0 Å². The van der Waals surface area contributed by atoms with Crippen LogP contribution in [0, 0.1) is 0 Å². The van der Waals surface area contributed by atoms with Crippen molar-refractivity contribution in [3.63, 3.8) is 0 Å². The number of carbonyl (C=O) groups is 1. The number of nitrogens with zero attached hydrogens (tertiary/aromatic N) is 1. The Morgan fingerprint density at radius 1 is 1.50 bits per heavy atom. The number of anilines is 1. The number of amides is 1. The van der Waals surface area contributed by atoms with Gasteiger partial charge < -0.3 is 16.0 Å². The van der Waals surface area contributed by atoms with Crippen LogP contribution in [-0.2, 0) is 4.79 Å². The number of hydrogen-bond donors (Lipinski definition) is 2. The first-order valence-corrected chi connectivity index (χ1v) is 6.53. The predicted octanol–water partition coefficient (Wildman–Crippen LogP) is 1.38. The number of benzene rings is 1. The zero-order chi connectivity index (χ0) is 13.1. The molecule has 4 nitrogen and oxygen atoms in total. The van der Waals surface area contributed by atoms with E-state index in [4.69, 9.17) is 17.3 Å². The van der Waals surface area contributed by atoms with Gasteiger partial charge in [-0.15, -0.1) is 0 Å². The number of nitrogens with one attached hydrogen (secondary N) is 1. The summed E-state index contributed by atoms with van der Waals surface area (Å²) in [6, 6.07) is 7.58. The quantitative estimate of drug-likeness (QED) is 0.870. The van der Waals surface area contributed by atoms with Crippen LogP contribution in [0.15, 0.2) is 24.3 Å². The maximum absolute atomic E-state index is 12.0. The highest BCUT2D eigenvalue weighted by molar-refractivity contribution is 6.33. The summed E-state index contributed by atoms with van der Waals surface area (Å²) in [5, 5.41) is 3.57. The van der Waals surface area contributed by atoms with Crippen molar-refractivity contribution in [1.29, 1.82) is 0 Å². The molecule has 2 atom stereocenters. The Bertz CT molecular complexity index is 438. The van der Waals surface area contributed by atoms with Gasteiger partial charge in [0.15, 0.2) is 0 Å². The average Bonchev–Trinajstić information content (AvgIpc) is 2.36. The standard InChI is InChI=1S/C13H18ClN3O/c1-9-8-16-13(18)12(6-7-15)17(9)11-5-3-2-4-10(11)14/h2-5,9,12H,6-8,15H2,1H3,(H,16,18). The molecule has 98 valence electrons. The summed E-state index contributed by atoms with van der Waals surface area (Å²) in [5.41, 5.74) is 6.51. The molecule has 1 aromatic rings. The van der Waals surface area contributed by atoms with Crippen molar-refractivity contribution in [1.82, 2.24) is 5.32 Å². The van der Waals surface area contributed by atoms with E-state index in [1.807, 2.05) is 24.3 Å². The van der Waals surface area contributed by atoms with E-state index in [2.05, 4.69) is 17.1 Å². The predicted molar refractivity (Wildman–Crippen MR) is 73.9 cm³/mol. The summed E-state index contributed by atoms with van der Waals surface area (Å²) in [6.45, 7) is 3.18. The summed E-state index contributed by atoms with van der Waals surface area (Å²) in [4.78, 5) is 14.1. The van der Waals surface area contributed by atoms with E-state index < -0.39 is 0 Å². The normalized spacial score (nSPS) is 23.9. The van der Waals surface area contributed by atoms with Gasteiger partial charge in [0.1, 0.15) is 6.04 Å². The second-order valence-electron chi connectivity index (χ2n) is 4.55. The number of piperazine rings is 1. The van der Waals surface area contributed by atoms with Gasteiger partial charge in [0.25, 0.3) is 0 Å². The van der Waals surface area contributed by atoms with Crippen LogP contribution in [0.25, 0.3) is 0 Å². The van der Waals surface area contributed by atoms with Crippen LogP contribution >= 0.6 is 11.6 Å². The first-order chi connectivity index (χ1) is 8.65. The Balaban J connectivity index is 2.36. The van der Waals surface area contributed by atoms with Gasteiger partial charge >= 0.3 is 0 Å². The van der Waals surface area contributed by atoms with Crippen LogP contribution in [0.5, 0.6) is 0 Å². The van der Waals surface area contributed by atoms with Crippen molar-refractivity contribution in [2.24, 2.45) is 5.73 Å². The first-order valence-electron chi connectivity index (χ1n) is 6.15. The number of hydrogen-bond acceptors (Lipinski definition) is 3. The zero-order valence-corrected chi connectivity index (χ0v) is 11.2. The van der Waals surface area contributed by atoms with E-state index >= 15 is 0 Å². The lowest BCUT2D eigenvalue weighted by atomic mass is 10.0. The van der Waals surface area contributed by atoms with Gasteiger partial charge in [-0.2, -0.15) is 0 Å². The molecule has 1 amide bonds. The molecule has 0 radical (unpaired) electrons. The fourth-order valence-electron chi connectivity index (χ4n) is 2.39. The second kappa shape index (κ2) is 5.59. The number of rotatable bonds is 3.